The molecule has 0 atom stereocenters. The van der Waals surface area contributed by atoms with E-state index >= 15 is 0 Å². The van der Waals surface area contributed by atoms with Crippen molar-refractivity contribution in [1.29, 1.82) is 0 Å². The quantitative estimate of drug-likeness (QED) is 0.540. The monoisotopic (exact) mass is 468 g/mol. The second-order valence-electron chi connectivity index (χ2n) is 8.63. The van der Waals surface area contributed by atoms with Crippen molar-refractivity contribution in [2.75, 3.05) is 46.5 Å². The molecule has 2 aliphatic heterocycles. The number of benzene rings is 2. The molecule has 0 spiro atoms. The number of nitrogens with zero attached hydrogens (tertiary/aromatic N) is 4. The van der Waals surface area contributed by atoms with Crippen molar-refractivity contribution in [2.45, 2.75) is 19.0 Å². The van der Waals surface area contributed by atoms with Crippen LogP contribution in [0.4, 0.5) is 4.39 Å². The van der Waals surface area contributed by atoms with E-state index in [4.69, 9.17) is 14.6 Å². The van der Waals surface area contributed by atoms with Gasteiger partial charge in [0, 0.05) is 38.2 Å². The standard InChI is InChI=1S/C24H29FN6O3/c1-33-22-11-17(10-20(25)12-22)15-30-23(16-29-6-8-34-9-7-29)28-31(24(30)32)21-4-2-18(3-5-21)19-13-26-27-14-19/h2-5,10-12,19,26-27H,6-9,13-16H2,1H3. The molecule has 2 saturated heterocycles. The van der Waals surface area contributed by atoms with Gasteiger partial charge in [-0.3, -0.25) is 20.3 Å². The zero-order valence-electron chi connectivity index (χ0n) is 19.2. The number of hydrazine groups is 1. The smallest absolute Gasteiger partial charge is 0.351 e. The SMILES string of the molecule is COc1cc(F)cc(Cn2c(CN3CCOCC3)nn(-c3ccc(C4CNNC4)cc3)c2=O)c1. The van der Waals surface area contributed by atoms with Crippen molar-refractivity contribution in [3.8, 4) is 11.4 Å². The number of aromatic nitrogens is 3. The molecule has 2 aliphatic rings. The van der Waals surface area contributed by atoms with Gasteiger partial charge < -0.3 is 9.47 Å². The molecule has 2 N–H and O–H groups in total. The largest absolute Gasteiger partial charge is 0.497 e. The Morgan fingerprint density at radius 3 is 2.53 bits per heavy atom. The normalized spacial score (nSPS) is 17.4. The Labute approximate surface area is 197 Å². The summed E-state index contributed by atoms with van der Waals surface area (Å²) >= 11 is 0. The molecule has 2 aromatic carbocycles. The number of morpholine rings is 1. The minimum absolute atomic E-state index is 0.199. The fourth-order valence-electron chi connectivity index (χ4n) is 4.44. The molecule has 1 aromatic heterocycles. The number of hydrogen-bond acceptors (Lipinski definition) is 7. The van der Waals surface area contributed by atoms with E-state index in [1.807, 2.05) is 24.3 Å². The number of rotatable bonds is 7. The minimum atomic E-state index is -0.406. The van der Waals surface area contributed by atoms with Crippen LogP contribution in [0.2, 0.25) is 0 Å². The molecule has 5 rings (SSSR count). The molecule has 9 nitrogen and oxygen atoms in total. The van der Waals surface area contributed by atoms with Gasteiger partial charge in [0.1, 0.15) is 17.4 Å². The maximum Gasteiger partial charge on any atom is 0.351 e. The Bertz CT molecular complexity index is 1180. The zero-order chi connectivity index (χ0) is 23.5. The summed E-state index contributed by atoms with van der Waals surface area (Å²) in [5.41, 5.74) is 8.56. The number of methoxy groups -OCH3 is 1. The summed E-state index contributed by atoms with van der Waals surface area (Å²) in [6.07, 6.45) is 0. The van der Waals surface area contributed by atoms with Crippen molar-refractivity contribution in [2.24, 2.45) is 0 Å². The molecule has 3 heterocycles. The predicted octanol–water partition coefficient (Wildman–Crippen LogP) is 1.25. The van der Waals surface area contributed by atoms with E-state index in [1.165, 1.54) is 29.5 Å². The first kappa shape index (κ1) is 22.7. The van der Waals surface area contributed by atoms with Crippen LogP contribution in [0.1, 0.15) is 22.9 Å². The summed E-state index contributed by atoms with van der Waals surface area (Å²) in [4.78, 5) is 15.7. The Hall–Kier alpha value is -3.05. The molecule has 0 radical (unpaired) electrons. The average molecular weight is 469 g/mol. The van der Waals surface area contributed by atoms with Gasteiger partial charge in [-0.05, 0) is 35.4 Å². The Kier molecular flexibility index (Phi) is 6.73. The third-order valence-electron chi connectivity index (χ3n) is 6.35. The van der Waals surface area contributed by atoms with E-state index in [0.717, 1.165) is 26.2 Å². The Balaban J connectivity index is 1.48. The molecular formula is C24H29FN6O3. The Morgan fingerprint density at radius 1 is 1.09 bits per heavy atom. The molecule has 3 aromatic rings. The fraction of sp³-hybridized carbons (Fsp3) is 0.417. The van der Waals surface area contributed by atoms with Crippen molar-refractivity contribution >= 4 is 0 Å². The lowest BCUT2D eigenvalue weighted by Crippen LogP contribution is -2.37. The lowest BCUT2D eigenvalue weighted by atomic mass is 10.0. The van der Waals surface area contributed by atoms with E-state index in [0.29, 0.717) is 48.5 Å². The van der Waals surface area contributed by atoms with Crippen LogP contribution in [0.15, 0.2) is 47.3 Å². The number of ether oxygens (including phenoxy) is 2. The van der Waals surface area contributed by atoms with Gasteiger partial charge in [0.2, 0.25) is 0 Å². The van der Waals surface area contributed by atoms with Gasteiger partial charge in [-0.1, -0.05) is 12.1 Å². The molecular weight excluding hydrogens is 439 g/mol. The minimum Gasteiger partial charge on any atom is -0.497 e. The van der Waals surface area contributed by atoms with Crippen molar-refractivity contribution in [3.05, 3.63) is 75.7 Å². The second kappa shape index (κ2) is 10.1. The molecule has 0 amide bonds. The van der Waals surface area contributed by atoms with E-state index in [9.17, 15) is 9.18 Å². The van der Waals surface area contributed by atoms with Crippen molar-refractivity contribution < 1.29 is 13.9 Å². The first-order chi connectivity index (χ1) is 16.6. The maximum atomic E-state index is 14.1. The molecule has 2 fully saturated rings. The lowest BCUT2D eigenvalue weighted by Gasteiger charge is -2.26. The third-order valence-corrected chi connectivity index (χ3v) is 6.35. The van der Waals surface area contributed by atoms with Gasteiger partial charge in [-0.2, -0.15) is 4.68 Å². The predicted molar refractivity (Wildman–Crippen MR) is 125 cm³/mol. The van der Waals surface area contributed by atoms with Crippen LogP contribution < -0.4 is 21.3 Å². The Morgan fingerprint density at radius 2 is 1.82 bits per heavy atom. The molecule has 34 heavy (non-hydrogen) atoms. The van der Waals surface area contributed by atoms with Crippen LogP contribution >= 0.6 is 0 Å². The number of hydrogen-bond donors (Lipinski definition) is 2. The molecule has 0 saturated carbocycles. The summed E-state index contributed by atoms with van der Waals surface area (Å²) in [6, 6.07) is 12.4. The lowest BCUT2D eigenvalue weighted by molar-refractivity contribution is 0.0325. The third kappa shape index (κ3) is 4.90. The highest BCUT2D eigenvalue weighted by Gasteiger charge is 2.21. The van der Waals surface area contributed by atoms with Crippen LogP contribution in [0.25, 0.3) is 5.69 Å². The van der Waals surface area contributed by atoms with Gasteiger partial charge in [0.15, 0.2) is 0 Å². The van der Waals surface area contributed by atoms with Crippen LogP contribution in [0.5, 0.6) is 5.75 Å². The number of nitrogens with one attached hydrogen (secondary N) is 2. The first-order valence-electron chi connectivity index (χ1n) is 11.5. The van der Waals surface area contributed by atoms with Gasteiger partial charge in [0.25, 0.3) is 0 Å². The van der Waals surface area contributed by atoms with E-state index < -0.39 is 5.82 Å². The van der Waals surface area contributed by atoms with E-state index in [1.54, 1.807) is 10.6 Å². The van der Waals surface area contributed by atoms with E-state index in [2.05, 4.69) is 15.8 Å². The fourth-order valence-corrected chi connectivity index (χ4v) is 4.44. The summed E-state index contributed by atoms with van der Waals surface area (Å²) in [6.45, 7) is 5.29. The molecule has 0 unspecified atom stereocenters. The zero-order valence-corrected chi connectivity index (χ0v) is 19.2. The molecule has 10 heteroatoms. The van der Waals surface area contributed by atoms with Gasteiger partial charge in [-0.25, -0.2) is 9.18 Å². The summed E-state index contributed by atoms with van der Waals surface area (Å²) in [5.74, 6) is 1.03. The summed E-state index contributed by atoms with van der Waals surface area (Å²) in [7, 11) is 1.49. The molecule has 0 bridgehead atoms. The van der Waals surface area contributed by atoms with Gasteiger partial charge >= 0.3 is 5.69 Å². The van der Waals surface area contributed by atoms with E-state index in [-0.39, 0.29) is 12.2 Å². The highest BCUT2D eigenvalue weighted by molar-refractivity contribution is 5.36. The van der Waals surface area contributed by atoms with Crippen molar-refractivity contribution in [1.82, 2.24) is 30.1 Å². The second-order valence-corrected chi connectivity index (χ2v) is 8.63. The first-order valence-corrected chi connectivity index (χ1v) is 11.5. The highest BCUT2D eigenvalue weighted by atomic mass is 19.1. The number of halogens is 1. The average Bonchev–Trinajstić information content (AvgIpc) is 3.49. The van der Waals surface area contributed by atoms with Gasteiger partial charge in [-0.15, -0.1) is 5.10 Å². The van der Waals surface area contributed by atoms with Crippen LogP contribution in [0, 0.1) is 5.82 Å². The van der Waals surface area contributed by atoms with Gasteiger partial charge in [0.05, 0.1) is 39.1 Å². The maximum absolute atomic E-state index is 14.1. The molecule has 0 aliphatic carbocycles. The highest BCUT2D eigenvalue weighted by Crippen LogP contribution is 2.20. The molecule has 180 valence electrons. The van der Waals surface area contributed by atoms with Crippen molar-refractivity contribution in [3.63, 3.8) is 0 Å². The van der Waals surface area contributed by atoms with Crippen LogP contribution in [-0.4, -0.2) is 65.8 Å². The van der Waals surface area contributed by atoms with Crippen LogP contribution in [0.3, 0.4) is 0 Å². The van der Waals surface area contributed by atoms with Crippen LogP contribution in [-0.2, 0) is 17.8 Å². The topological polar surface area (TPSA) is 85.6 Å². The summed E-state index contributed by atoms with van der Waals surface area (Å²) in [5, 5.41) is 4.70. The summed E-state index contributed by atoms with van der Waals surface area (Å²) < 4.78 is 27.8.